The van der Waals surface area contributed by atoms with Gasteiger partial charge in [-0.3, -0.25) is 9.88 Å². The predicted molar refractivity (Wildman–Crippen MR) is 166 cm³/mol. The van der Waals surface area contributed by atoms with Crippen molar-refractivity contribution in [1.29, 1.82) is 0 Å². The molecule has 3 saturated heterocycles. The second-order valence-electron chi connectivity index (χ2n) is 12.9. The van der Waals surface area contributed by atoms with Crippen molar-refractivity contribution in [3.05, 3.63) is 47.7 Å². The number of ether oxygens (including phenoxy) is 2. The summed E-state index contributed by atoms with van der Waals surface area (Å²) in [6.45, 7) is 4.43. The van der Waals surface area contributed by atoms with E-state index in [1.165, 1.54) is 6.07 Å². The molecule has 4 aromatic rings. The van der Waals surface area contributed by atoms with E-state index in [2.05, 4.69) is 32.6 Å². The summed E-state index contributed by atoms with van der Waals surface area (Å²) in [6, 6.07) is 6.50. The summed E-state index contributed by atoms with van der Waals surface area (Å²) in [5.74, 6) is 1.96. The van der Waals surface area contributed by atoms with Crippen LogP contribution in [0.2, 0.25) is 0 Å². The molecule has 1 saturated carbocycles. The van der Waals surface area contributed by atoms with Gasteiger partial charge in [-0.25, -0.2) is 13.2 Å². The average molecular weight is 615 g/mol. The van der Waals surface area contributed by atoms with E-state index >= 15 is 4.39 Å². The largest absolute Gasteiger partial charge is 0.461 e. The summed E-state index contributed by atoms with van der Waals surface area (Å²) in [5.41, 5.74) is 6.32. The van der Waals surface area contributed by atoms with Gasteiger partial charge in [-0.1, -0.05) is 12.0 Å². The predicted octanol–water partition coefficient (Wildman–Crippen LogP) is 5.26. The molecule has 2 aromatic heterocycles. The van der Waals surface area contributed by atoms with Crippen molar-refractivity contribution in [3.63, 3.8) is 0 Å². The molecule has 1 aliphatic carbocycles. The fourth-order valence-electron chi connectivity index (χ4n) is 7.84. The van der Waals surface area contributed by atoms with Gasteiger partial charge in [0.15, 0.2) is 5.82 Å². The fraction of sp³-hybridized carbons (Fsp3) is 0.441. The zero-order chi connectivity index (χ0) is 31.0. The van der Waals surface area contributed by atoms with E-state index < -0.39 is 23.3 Å². The van der Waals surface area contributed by atoms with Crippen LogP contribution in [0.4, 0.5) is 24.7 Å². The number of nitrogen functional groups attached to an aromatic ring is 1. The van der Waals surface area contributed by atoms with Crippen LogP contribution >= 0.6 is 0 Å². The second kappa shape index (κ2) is 10.5. The van der Waals surface area contributed by atoms with E-state index in [1.807, 2.05) is 0 Å². The highest BCUT2D eigenvalue weighted by Gasteiger charge is 2.52. The molecule has 0 radical (unpaired) electrons. The highest BCUT2D eigenvalue weighted by molar-refractivity contribution is 6.03. The van der Waals surface area contributed by atoms with Gasteiger partial charge in [-0.05, 0) is 49.8 Å². The molecule has 232 valence electrons. The maximum absolute atomic E-state index is 16.8. The summed E-state index contributed by atoms with van der Waals surface area (Å²) in [4.78, 5) is 18.3. The number of hydrogen-bond acceptors (Lipinski definition) is 8. The van der Waals surface area contributed by atoms with Crippen LogP contribution in [0.1, 0.15) is 38.2 Å². The van der Waals surface area contributed by atoms with Gasteiger partial charge in [0.05, 0.1) is 29.7 Å². The van der Waals surface area contributed by atoms with E-state index in [0.29, 0.717) is 66.3 Å². The third-order valence-corrected chi connectivity index (χ3v) is 10.1. The molecule has 8 rings (SSSR count). The zero-order valence-electron chi connectivity index (χ0n) is 24.9. The molecule has 0 amide bonds. The Hall–Kier alpha value is -4.14. The lowest BCUT2D eigenvalue weighted by Crippen LogP contribution is -2.46. The van der Waals surface area contributed by atoms with E-state index in [9.17, 15) is 8.78 Å². The molecule has 0 bridgehead atoms. The quantitative estimate of drug-likeness (QED) is 0.241. The van der Waals surface area contributed by atoms with Gasteiger partial charge in [-0.2, -0.15) is 9.97 Å². The van der Waals surface area contributed by atoms with Gasteiger partial charge in [0.1, 0.15) is 35.6 Å². The average Bonchev–Trinajstić information content (AvgIpc) is 3.67. The normalized spacial score (nSPS) is 27.8. The van der Waals surface area contributed by atoms with E-state index in [4.69, 9.17) is 26.6 Å². The van der Waals surface area contributed by atoms with Crippen molar-refractivity contribution in [2.24, 2.45) is 5.92 Å². The first-order valence-electron chi connectivity index (χ1n) is 15.5. The zero-order valence-corrected chi connectivity index (χ0v) is 24.9. The van der Waals surface area contributed by atoms with Crippen molar-refractivity contribution < 1.29 is 22.6 Å². The number of fused-ring (bicyclic) bond motifs is 4. The van der Waals surface area contributed by atoms with E-state index in [-0.39, 0.29) is 47.0 Å². The van der Waals surface area contributed by atoms with Crippen LogP contribution in [0, 0.1) is 29.9 Å². The van der Waals surface area contributed by atoms with Crippen molar-refractivity contribution in [2.45, 2.75) is 56.4 Å². The Morgan fingerprint density at radius 1 is 1.24 bits per heavy atom. The molecule has 0 spiro atoms. The number of nitrogens with zero attached hydrogens (tertiary/aromatic N) is 5. The lowest BCUT2D eigenvalue weighted by atomic mass is 9.95. The molecule has 8 nitrogen and oxygen atoms in total. The number of hydrogen-bond donors (Lipinski definition) is 1. The summed E-state index contributed by atoms with van der Waals surface area (Å²) in [6.07, 6.45) is 9.41. The van der Waals surface area contributed by atoms with Crippen LogP contribution in [-0.4, -0.2) is 76.6 Å². The van der Waals surface area contributed by atoms with Crippen molar-refractivity contribution in [3.8, 4) is 29.6 Å². The maximum Gasteiger partial charge on any atom is 0.319 e. The lowest BCUT2D eigenvalue weighted by Gasteiger charge is -2.33. The first-order valence-corrected chi connectivity index (χ1v) is 15.5. The minimum atomic E-state index is -0.926. The number of aromatic nitrogens is 3. The van der Waals surface area contributed by atoms with Crippen molar-refractivity contribution in [2.75, 3.05) is 43.5 Å². The number of rotatable bonds is 5. The van der Waals surface area contributed by atoms with Gasteiger partial charge in [-0.15, -0.1) is 6.42 Å². The molecular weight excluding hydrogens is 581 g/mol. The van der Waals surface area contributed by atoms with Crippen molar-refractivity contribution >= 4 is 33.2 Å². The van der Waals surface area contributed by atoms with Crippen molar-refractivity contribution in [1.82, 2.24) is 19.9 Å². The molecule has 5 heterocycles. The first-order chi connectivity index (χ1) is 21.8. The molecule has 2 N–H and O–H groups in total. The van der Waals surface area contributed by atoms with Gasteiger partial charge < -0.3 is 20.1 Å². The molecule has 4 aliphatic rings. The Labute approximate surface area is 258 Å². The Kier molecular flexibility index (Phi) is 6.59. The maximum atomic E-state index is 16.8. The van der Waals surface area contributed by atoms with Crippen LogP contribution in [0.25, 0.3) is 32.9 Å². The van der Waals surface area contributed by atoms with Crippen LogP contribution in [0.5, 0.6) is 6.01 Å². The minimum Gasteiger partial charge on any atom is -0.461 e. The van der Waals surface area contributed by atoms with Crippen LogP contribution < -0.4 is 15.4 Å². The van der Waals surface area contributed by atoms with Gasteiger partial charge in [0.2, 0.25) is 0 Å². The highest BCUT2D eigenvalue weighted by Crippen LogP contribution is 2.45. The first kappa shape index (κ1) is 28.3. The molecule has 5 atom stereocenters. The monoisotopic (exact) mass is 614 g/mol. The minimum absolute atomic E-state index is 0.00197. The van der Waals surface area contributed by atoms with Gasteiger partial charge in [0.25, 0.3) is 0 Å². The van der Waals surface area contributed by atoms with Crippen LogP contribution in [-0.2, 0) is 4.74 Å². The number of halogens is 3. The molecule has 45 heavy (non-hydrogen) atoms. The summed E-state index contributed by atoms with van der Waals surface area (Å²) in [5, 5.41) is 1.33. The Morgan fingerprint density at radius 3 is 2.96 bits per heavy atom. The molecule has 2 aromatic carbocycles. The molecule has 11 heteroatoms. The third kappa shape index (κ3) is 4.57. The Balaban J connectivity index is 1.28. The van der Waals surface area contributed by atoms with Gasteiger partial charge in [0, 0.05) is 60.3 Å². The summed E-state index contributed by atoms with van der Waals surface area (Å²) in [7, 11) is 0. The summed E-state index contributed by atoms with van der Waals surface area (Å²) >= 11 is 0. The fourth-order valence-corrected chi connectivity index (χ4v) is 7.84. The number of benzene rings is 2. The molecule has 4 fully saturated rings. The highest BCUT2D eigenvalue weighted by atomic mass is 19.1. The summed E-state index contributed by atoms with van der Waals surface area (Å²) < 4.78 is 58.4. The standard InChI is InChI=1S/C34H33F3N6O2/c1-3-23-26(36)5-4-19-10-22(38)12-24(28(19)23)30-29(37)31-25(14-39-30)32(42-8-9-44-16-20-11-27(20)42)41-33(40-31)45-17-34-7-6-18(2)43(34)15-21(35)13-34/h1,4-5,10,12,14,18,20-21,27H,6-9,11,13,15-17,38H2,2H3/t18-,20?,21?,27?,34+/m1/s1. The van der Waals surface area contributed by atoms with E-state index in [1.54, 1.807) is 24.4 Å². The Morgan fingerprint density at radius 2 is 2.11 bits per heavy atom. The molecule has 3 unspecified atom stereocenters. The molecular formula is C34H33F3N6O2. The number of terminal acetylenes is 1. The lowest BCUT2D eigenvalue weighted by molar-refractivity contribution is 0.0889. The van der Waals surface area contributed by atoms with Crippen LogP contribution in [0.3, 0.4) is 0 Å². The number of nitrogens with two attached hydrogens (primary N) is 1. The smallest absolute Gasteiger partial charge is 0.319 e. The number of pyridine rings is 1. The van der Waals surface area contributed by atoms with Gasteiger partial charge >= 0.3 is 6.01 Å². The second-order valence-corrected chi connectivity index (χ2v) is 12.9. The number of anilines is 2. The Bertz CT molecular complexity index is 1900. The van der Waals surface area contributed by atoms with E-state index in [0.717, 1.165) is 19.3 Å². The topological polar surface area (TPSA) is 89.6 Å². The van der Waals surface area contributed by atoms with Crippen LogP contribution in [0.15, 0.2) is 30.5 Å². The third-order valence-electron chi connectivity index (χ3n) is 10.1. The molecule has 3 aliphatic heterocycles. The SMILES string of the molecule is C#Cc1c(F)ccc2cc(N)cc(-c3ncc4c(N5CCOCC6CC65)nc(OC[C@@]56CC[C@@H](C)N5CC(F)C6)nc4c3F)c12. The number of alkyl halides is 1.